The summed E-state index contributed by atoms with van der Waals surface area (Å²) in [5, 5.41) is 2.91. The Morgan fingerprint density at radius 2 is 1.48 bits per heavy atom. The quantitative estimate of drug-likeness (QED) is 0.391. The number of hydrogen-bond donors (Lipinski definition) is 1. The van der Waals surface area contributed by atoms with E-state index in [4.69, 9.17) is 23.7 Å². The molecule has 2 atom stereocenters. The number of carbonyl (C=O) groups is 3. The number of methoxy groups -OCH3 is 4. The molecule has 0 saturated heterocycles. The van der Waals surface area contributed by atoms with Crippen molar-refractivity contribution in [1.29, 1.82) is 0 Å². The molecule has 1 aliphatic heterocycles. The minimum absolute atomic E-state index is 0.188. The summed E-state index contributed by atoms with van der Waals surface area (Å²) in [6.45, 7) is 1.90. The van der Waals surface area contributed by atoms with Gasteiger partial charge in [-0.1, -0.05) is 18.2 Å². The number of amides is 2. The van der Waals surface area contributed by atoms with Crippen molar-refractivity contribution in [2.24, 2.45) is 0 Å². The Morgan fingerprint density at radius 3 is 2.12 bits per heavy atom. The molecule has 40 heavy (non-hydrogen) atoms. The number of rotatable bonds is 9. The van der Waals surface area contributed by atoms with E-state index in [2.05, 4.69) is 5.32 Å². The largest absolute Gasteiger partial charge is 0.493 e. The number of hydrogen-bond acceptors (Lipinski definition) is 8. The molecule has 0 radical (unpaired) electrons. The molecule has 0 spiro atoms. The van der Waals surface area contributed by atoms with Gasteiger partial charge in [-0.15, -0.1) is 0 Å². The van der Waals surface area contributed by atoms with Crippen LogP contribution in [-0.4, -0.2) is 64.8 Å². The number of likely N-dealkylation sites (N-methyl/N-ethyl adjacent to an activating group) is 1. The summed E-state index contributed by atoms with van der Waals surface area (Å²) in [6.07, 6.45) is 0. The highest BCUT2D eigenvalue weighted by Crippen LogP contribution is 2.47. The van der Waals surface area contributed by atoms with E-state index in [1.807, 2.05) is 0 Å². The zero-order valence-corrected chi connectivity index (χ0v) is 23.3. The van der Waals surface area contributed by atoms with Gasteiger partial charge in [-0.25, -0.2) is 4.79 Å². The Hall–Kier alpha value is -4.73. The average molecular weight is 549 g/mol. The predicted octanol–water partition coefficient (Wildman–Crippen LogP) is 4.45. The highest BCUT2D eigenvalue weighted by molar-refractivity contribution is 6.07. The van der Waals surface area contributed by atoms with Gasteiger partial charge in [0.05, 0.1) is 58.3 Å². The predicted molar refractivity (Wildman–Crippen MR) is 148 cm³/mol. The zero-order valence-electron chi connectivity index (χ0n) is 23.3. The van der Waals surface area contributed by atoms with E-state index in [9.17, 15) is 14.4 Å². The second-order valence-electron chi connectivity index (χ2n) is 9.00. The molecule has 0 fully saturated rings. The number of ether oxygens (including phenoxy) is 5. The fraction of sp³-hybridized carbons (Fsp3) is 0.300. The van der Waals surface area contributed by atoms with Crippen LogP contribution in [-0.2, 0) is 9.53 Å². The summed E-state index contributed by atoms with van der Waals surface area (Å²) >= 11 is 0. The van der Waals surface area contributed by atoms with Crippen LogP contribution < -0.4 is 24.3 Å². The Morgan fingerprint density at radius 1 is 0.850 bits per heavy atom. The summed E-state index contributed by atoms with van der Waals surface area (Å²) < 4.78 is 27.0. The van der Waals surface area contributed by atoms with Gasteiger partial charge in [0.2, 0.25) is 5.91 Å². The van der Waals surface area contributed by atoms with Crippen molar-refractivity contribution < 1.29 is 38.1 Å². The van der Waals surface area contributed by atoms with Crippen LogP contribution in [0.2, 0.25) is 0 Å². The average Bonchev–Trinajstić information content (AvgIpc) is 2.98. The maximum absolute atomic E-state index is 14.2. The standard InChI is InChI=1S/C30H32N2O8/c1-7-40-30(35)18-10-8-9-11-21(18)31-28(33)26-19-15-24(38-5)25(39-6)16-20(19)29(34)32(2)27(26)17-12-13-22(36-3)23(14-17)37-4/h8-16,26-27H,7H2,1-6H3,(H,31,33)/t26-,27+/m1/s1. The Bertz CT molecular complexity index is 1440. The highest BCUT2D eigenvalue weighted by atomic mass is 16.5. The van der Waals surface area contributed by atoms with Crippen molar-refractivity contribution >= 4 is 23.5 Å². The van der Waals surface area contributed by atoms with Gasteiger partial charge in [0.25, 0.3) is 5.91 Å². The number of fused-ring (bicyclic) bond motifs is 1. The lowest BCUT2D eigenvalue weighted by molar-refractivity contribution is -0.119. The molecule has 3 aromatic rings. The molecule has 10 heteroatoms. The first-order chi connectivity index (χ1) is 19.3. The Kier molecular flexibility index (Phi) is 8.47. The van der Waals surface area contributed by atoms with Crippen molar-refractivity contribution in [3.05, 3.63) is 76.9 Å². The fourth-order valence-electron chi connectivity index (χ4n) is 4.97. The lowest BCUT2D eigenvalue weighted by Gasteiger charge is -2.40. The molecule has 4 rings (SSSR count). The number of para-hydroxylation sites is 1. The van der Waals surface area contributed by atoms with Gasteiger partial charge in [0.15, 0.2) is 23.0 Å². The van der Waals surface area contributed by atoms with Crippen LogP contribution in [0.25, 0.3) is 0 Å². The van der Waals surface area contributed by atoms with Gasteiger partial charge in [-0.05, 0) is 54.4 Å². The molecule has 210 valence electrons. The van der Waals surface area contributed by atoms with Crippen LogP contribution in [0.15, 0.2) is 54.6 Å². The number of esters is 1. The number of benzene rings is 3. The van der Waals surface area contributed by atoms with Crippen LogP contribution in [0.4, 0.5) is 5.69 Å². The normalized spacial score (nSPS) is 16.1. The van der Waals surface area contributed by atoms with Crippen LogP contribution in [0.5, 0.6) is 23.0 Å². The van der Waals surface area contributed by atoms with E-state index >= 15 is 0 Å². The van der Waals surface area contributed by atoms with E-state index < -0.39 is 23.8 Å². The van der Waals surface area contributed by atoms with E-state index in [1.54, 1.807) is 68.6 Å². The van der Waals surface area contributed by atoms with Crippen LogP contribution in [0.1, 0.15) is 50.7 Å². The molecule has 3 aromatic carbocycles. The molecule has 0 aliphatic carbocycles. The van der Waals surface area contributed by atoms with Gasteiger partial charge in [0, 0.05) is 12.6 Å². The Balaban J connectivity index is 1.90. The van der Waals surface area contributed by atoms with Gasteiger partial charge < -0.3 is 33.9 Å². The van der Waals surface area contributed by atoms with Crippen LogP contribution in [0, 0.1) is 0 Å². The minimum Gasteiger partial charge on any atom is -0.493 e. The van der Waals surface area contributed by atoms with Crippen LogP contribution >= 0.6 is 0 Å². The smallest absolute Gasteiger partial charge is 0.340 e. The molecule has 0 saturated carbocycles. The number of nitrogens with one attached hydrogen (secondary N) is 1. The molecule has 1 heterocycles. The topological polar surface area (TPSA) is 113 Å². The SMILES string of the molecule is CCOC(=O)c1ccccc1NC(=O)[C@@H]1c2cc(OC)c(OC)cc2C(=O)N(C)[C@H]1c1ccc(OC)c(OC)c1. The van der Waals surface area contributed by atoms with Crippen molar-refractivity contribution in [1.82, 2.24) is 4.90 Å². The third-order valence-corrected chi connectivity index (χ3v) is 6.89. The van der Waals surface area contributed by atoms with Gasteiger partial charge in [-0.2, -0.15) is 0 Å². The molecule has 0 bridgehead atoms. The fourth-order valence-corrected chi connectivity index (χ4v) is 4.97. The third kappa shape index (κ3) is 5.12. The molecule has 2 amide bonds. The van der Waals surface area contributed by atoms with Crippen LogP contribution in [0.3, 0.4) is 0 Å². The monoisotopic (exact) mass is 548 g/mol. The Labute approximate surface area is 232 Å². The van der Waals surface area contributed by atoms with Gasteiger partial charge in [0.1, 0.15) is 0 Å². The molecule has 1 aliphatic rings. The third-order valence-electron chi connectivity index (χ3n) is 6.89. The molecule has 1 N–H and O–H groups in total. The number of carbonyl (C=O) groups excluding carboxylic acids is 3. The summed E-state index contributed by atoms with van der Waals surface area (Å²) in [7, 11) is 7.64. The lowest BCUT2D eigenvalue weighted by atomic mass is 9.79. The minimum atomic E-state index is -0.911. The molecular formula is C30H32N2O8. The van der Waals surface area contributed by atoms with Gasteiger partial charge >= 0.3 is 5.97 Å². The van der Waals surface area contributed by atoms with E-state index in [-0.39, 0.29) is 18.1 Å². The van der Waals surface area contributed by atoms with E-state index in [0.717, 1.165) is 0 Å². The summed E-state index contributed by atoms with van der Waals surface area (Å²) in [4.78, 5) is 42.0. The first kappa shape index (κ1) is 28.3. The summed E-state index contributed by atoms with van der Waals surface area (Å²) in [5.74, 6) is -0.522. The molecular weight excluding hydrogens is 516 g/mol. The second-order valence-corrected chi connectivity index (χ2v) is 9.00. The second kappa shape index (κ2) is 12.0. The zero-order chi connectivity index (χ0) is 29.0. The highest BCUT2D eigenvalue weighted by Gasteiger charge is 2.44. The number of anilines is 1. The molecule has 0 aromatic heterocycles. The summed E-state index contributed by atoms with van der Waals surface area (Å²) in [5.41, 5.74) is 1.90. The van der Waals surface area contributed by atoms with Crippen molar-refractivity contribution in [2.75, 3.05) is 47.4 Å². The first-order valence-electron chi connectivity index (χ1n) is 12.6. The van der Waals surface area contributed by atoms with Crippen molar-refractivity contribution in [3.8, 4) is 23.0 Å². The van der Waals surface area contributed by atoms with E-state index in [0.29, 0.717) is 45.4 Å². The maximum Gasteiger partial charge on any atom is 0.340 e. The van der Waals surface area contributed by atoms with Gasteiger partial charge in [-0.3, -0.25) is 9.59 Å². The molecule has 10 nitrogen and oxygen atoms in total. The summed E-state index contributed by atoms with van der Waals surface area (Å²) in [6, 6.07) is 14.3. The van der Waals surface area contributed by atoms with Crippen molar-refractivity contribution in [3.63, 3.8) is 0 Å². The van der Waals surface area contributed by atoms with E-state index in [1.165, 1.54) is 33.3 Å². The van der Waals surface area contributed by atoms with Crippen molar-refractivity contribution in [2.45, 2.75) is 18.9 Å². The number of nitrogens with zero attached hydrogens (tertiary/aromatic N) is 1. The first-order valence-corrected chi connectivity index (χ1v) is 12.6. The maximum atomic E-state index is 14.2. The molecule has 0 unspecified atom stereocenters. The lowest BCUT2D eigenvalue weighted by Crippen LogP contribution is -2.44.